The maximum Gasteiger partial charge on any atom is 0.240 e. The van der Waals surface area contributed by atoms with Crippen LogP contribution in [0.25, 0.3) is 0 Å². The van der Waals surface area contributed by atoms with Crippen molar-refractivity contribution in [2.45, 2.75) is 26.7 Å². The zero-order chi connectivity index (χ0) is 14.8. The van der Waals surface area contributed by atoms with Gasteiger partial charge >= 0.3 is 0 Å². The van der Waals surface area contributed by atoms with Gasteiger partial charge in [-0.05, 0) is 43.5 Å². The summed E-state index contributed by atoms with van der Waals surface area (Å²) in [5, 5.41) is 0. The van der Waals surface area contributed by atoms with E-state index in [9.17, 15) is 9.59 Å². The predicted molar refractivity (Wildman–Crippen MR) is 78.2 cm³/mol. The molecule has 0 atom stereocenters. The summed E-state index contributed by atoms with van der Waals surface area (Å²) >= 11 is 0. The summed E-state index contributed by atoms with van der Waals surface area (Å²) in [6.07, 6.45) is 8.50. The topological polar surface area (TPSA) is 58.9 Å². The van der Waals surface area contributed by atoms with Crippen LogP contribution in [0.4, 0.5) is 5.69 Å². The van der Waals surface area contributed by atoms with Gasteiger partial charge in [0.2, 0.25) is 12.2 Å². The lowest BCUT2D eigenvalue weighted by Crippen LogP contribution is -1.89. The predicted octanol–water partition coefficient (Wildman–Crippen LogP) is 3.77. The molecule has 1 rings (SSSR count). The van der Waals surface area contributed by atoms with E-state index in [0.717, 1.165) is 18.4 Å². The molecule has 0 unspecified atom stereocenters. The third-order valence-corrected chi connectivity index (χ3v) is 2.78. The van der Waals surface area contributed by atoms with Crippen molar-refractivity contribution in [3.05, 3.63) is 53.3 Å². The molecular formula is C16H16N2O2. The van der Waals surface area contributed by atoms with E-state index >= 15 is 0 Å². The molecule has 0 saturated carbocycles. The molecule has 0 aliphatic rings. The zero-order valence-corrected chi connectivity index (χ0v) is 11.6. The Kier molecular flexibility index (Phi) is 6.63. The number of isocyanates is 2. The maximum atomic E-state index is 10.1. The summed E-state index contributed by atoms with van der Waals surface area (Å²) in [6, 6.07) is 7.43. The number of nitrogens with zero attached hydrogens (tertiary/aromatic N) is 2. The second kappa shape index (κ2) is 8.54. The van der Waals surface area contributed by atoms with E-state index in [1.807, 2.05) is 18.2 Å². The van der Waals surface area contributed by atoms with Crippen molar-refractivity contribution in [2.24, 2.45) is 9.98 Å². The summed E-state index contributed by atoms with van der Waals surface area (Å²) in [5.41, 5.74) is 3.58. The minimum atomic E-state index is 0.599. The minimum Gasteiger partial charge on any atom is -0.211 e. The summed E-state index contributed by atoms with van der Waals surface area (Å²) < 4.78 is 0. The first-order chi connectivity index (χ1) is 9.69. The van der Waals surface area contributed by atoms with Crippen molar-refractivity contribution in [1.29, 1.82) is 0 Å². The van der Waals surface area contributed by atoms with Crippen molar-refractivity contribution in [3.8, 4) is 0 Å². The normalized spacial score (nSPS) is 11.5. The third-order valence-electron chi connectivity index (χ3n) is 2.78. The largest absolute Gasteiger partial charge is 0.240 e. The Bertz CT molecular complexity index is 600. The molecular weight excluding hydrogens is 252 g/mol. The molecule has 0 spiro atoms. The van der Waals surface area contributed by atoms with E-state index in [-0.39, 0.29) is 0 Å². The van der Waals surface area contributed by atoms with Gasteiger partial charge in [-0.25, -0.2) is 9.59 Å². The molecule has 0 N–H and O–H groups in total. The van der Waals surface area contributed by atoms with Gasteiger partial charge in [0.1, 0.15) is 0 Å². The number of hydrogen-bond acceptors (Lipinski definition) is 4. The fourth-order valence-corrected chi connectivity index (χ4v) is 1.65. The first kappa shape index (κ1) is 15.5. The van der Waals surface area contributed by atoms with E-state index < -0.39 is 0 Å². The number of hydrogen-bond donors (Lipinski definition) is 0. The first-order valence-corrected chi connectivity index (χ1v) is 6.30. The smallest absolute Gasteiger partial charge is 0.211 e. The van der Waals surface area contributed by atoms with Crippen LogP contribution < -0.4 is 0 Å². The van der Waals surface area contributed by atoms with Crippen LogP contribution in [-0.4, -0.2) is 12.2 Å². The van der Waals surface area contributed by atoms with Crippen LogP contribution in [0.2, 0.25) is 0 Å². The van der Waals surface area contributed by atoms with Crippen LogP contribution in [0.1, 0.15) is 25.8 Å². The highest BCUT2D eigenvalue weighted by Gasteiger charge is 1.98. The van der Waals surface area contributed by atoms with Crippen LogP contribution in [0.3, 0.4) is 0 Å². The molecule has 0 saturated heterocycles. The van der Waals surface area contributed by atoms with Crippen molar-refractivity contribution in [3.63, 3.8) is 0 Å². The fourth-order valence-electron chi connectivity index (χ4n) is 1.65. The third kappa shape index (κ3) is 5.40. The van der Waals surface area contributed by atoms with Gasteiger partial charge in [0.05, 0.1) is 11.4 Å². The maximum absolute atomic E-state index is 10.1. The molecule has 0 fully saturated rings. The van der Waals surface area contributed by atoms with Gasteiger partial charge in [0.25, 0.3) is 0 Å². The highest BCUT2D eigenvalue weighted by atomic mass is 16.1. The molecule has 1 aromatic carbocycles. The molecule has 102 valence electrons. The Balaban J connectivity index is 2.82. The zero-order valence-electron chi connectivity index (χ0n) is 11.6. The Hall–Kier alpha value is -2.54. The van der Waals surface area contributed by atoms with Gasteiger partial charge in [-0.15, -0.1) is 0 Å². The molecule has 4 nitrogen and oxygen atoms in total. The molecule has 0 aliphatic carbocycles. The van der Waals surface area contributed by atoms with Crippen molar-refractivity contribution >= 4 is 17.8 Å². The van der Waals surface area contributed by atoms with E-state index in [0.29, 0.717) is 11.4 Å². The number of benzene rings is 1. The average Bonchev–Trinajstić information content (AvgIpc) is 2.46. The van der Waals surface area contributed by atoms with E-state index in [4.69, 9.17) is 0 Å². The lowest BCUT2D eigenvalue weighted by atomic mass is 10.0. The average molecular weight is 268 g/mol. The molecule has 0 aliphatic heterocycles. The minimum absolute atomic E-state index is 0.599. The van der Waals surface area contributed by atoms with Crippen LogP contribution >= 0.6 is 0 Å². The number of rotatable bonds is 6. The Morgan fingerprint density at radius 3 is 2.40 bits per heavy atom. The molecule has 0 aromatic heterocycles. The number of aliphatic imine (C=N–C) groups is 2. The molecule has 0 radical (unpaired) electrons. The van der Waals surface area contributed by atoms with Gasteiger partial charge < -0.3 is 0 Å². The van der Waals surface area contributed by atoms with Crippen LogP contribution in [-0.2, 0) is 16.0 Å². The fraction of sp³-hybridized carbons (Fsp3) is 0.250. The monoisotopic (exact) mass is 268 g/mol. The van der Waals surface area contributed by atoms with Crippen LogP contribution in [0.5, 0.6) is 0 Å². The van der Waals surface area contributed by atoms with E-state index in [1.54, 1.807) is 25.1 Å². The van der Waals surface area contributed by atoms with E-state index in [1.165, 1.54) is 17.7 Å². The van der Waals surface area contributed by atoms with Crippen molar-refractivity contribution in [2.75, 3.05) is 0 Å². The first-order valence-electron chi connectivity index (χ1n) is 6.30. The second-order valence-electron chi connectivity index (χ2n) is 4.24. The molecule has 0 amide bonds. The number of carbonyl (C=O) groups excluding carboxylic acids is 2. The Labute approximate surface area is 118 Å². The summed E-state index contributed by atoms with van der Waals surface area (Å²) in [7, 11) is 0. The molecule has 20 heavy (non-hydrogen) atoms. The van der Waals surface area contributed by atoms with Crippen molar-refractivity contribution < 1.29 is 9.59 Å². The van der Waals surface area contributed by atoms with Gasteiger partial charge in [-0.1, -0.05) is 30.7 Å². The molecule has 4 heteroatoms. The van der Waals surface area contributed by atoms with Gasteiger partial charge in [-0.3, -0.25) is 0 Å². The van der Waals surface area contributed by atoms with Crippen LogP contribution in [0, 0.1) is 0 Å². The molecule has 1 aromatic rings. The molecule has 0 bridgehead atoms. The van der Waals surface area contributed by atoms with Crippen molar-refractivity contribution in [1.82, 2.24) is 0 Å². The highest BCUT2D eigenvalue weighted by molar-refractivity contribution is 5.49. The Morgan fingerprint density at radius 2 is 1.85 bits per heavy atom. The lowest BCUT2D eigenvalue weighted by molar-refractivity contribution is 0.564. The van der Waals surface area contributed by atoms with E-state index in [2.05, 4.69) is 16.9 Å². The summed E-state index contributed by atoms with van der Waals surface area (Å²) in [6.45, 7) is 3.82. The molecule has 0 heterocycles. The Morgan fingerprint density at radius 1 is 1.15 bits per heavy atom. The standard InChI is InChI=1S/C16H16N2O2/c1-3-14(5-4-13(2)17-11-19)10-15-6-8-16(9-7-15)18-12-20/h4-9H,3,10H2,1-2H3/b13-4+,14-5+. The summed E-state index contributed by atoms with van der Waals surface area (Å²) in [4.78, 5) is 27.3. The van der Waals surface area contributed by atoms with Gasteiger partial charge in [0.15, 0.2) is 0 Å². The quantitative estimate of drug-likeness (QED) is 0.448. The highest BCUT2D eigenvalue weighted by Crippen LogP contribution is 2.16. The summed E-state index contributed by atoms with van der Waals surface area (Å²) in [5.74, 6) is 0. The van der Waals surface area contributed by atoms with Gasteiger partial charge in [0, 0.05) is 0 Å². The number of allylic oxidation sites excluding steroid dienone is 4. The van der Waals surface area contributed by atoms with Crippen LogP contribution in [0.15, 0.2) is 57.7 Å². The lowest BCUT2D eigenvalue weighted by Gasteiger charge is -2.04. The second-order valence-corrected chi connectivity index (χ2v) is 4.24. The van der Waals surface area contributed by atoms with Gasteiger partial charge in [-0.2, -0.15) is 9.98 Å². The SMILES string of the molecule is CC/C(=C\C=C(/C)N=C=O)Cc1ccc(N=C=O)cc1.